The van der Waals surface area contributed by atoms with Gasteiger partial charge in [0.05, 0.1) is 12.2 Å². The Balaban J connectivity index is 1.79. The molecule has 0 aliphatic heterocycles. The first-order chi connectivity index (χ1) is 12.0. The molecule has 0 bridgehead atoms. The highest BCUT2D eigenvalue weighted by atomic mass is 28.3. The van der Waals surface area contributed by atoms with Crippen molar-refractivity contribution in [2.24, 2.45) is 0 Å². The van der Waals surface area contributed by atoms with Crippen LogP contribution in [0.2, 0.25) is 25.2 Å². The largest absolute Gasteiger partial charge is 0.462 e. The van der Waals surface area contributed by atoms with E-state index in [0.29, 0.717) is 12.2 Å². The number of benzene rings is 2. The first kappa shape index (κ1) is 19.5. The van der Waals surface area contributed by atoms with E-state index in [1.807, 2.05) is 42.5 Å². The third kappa shape index (κ3) is 6.50. The Hall–Kier alpha value is -1.87. The third-order valence-electron chi connectivity index (χ3n) is 4.67. The summed E-state index contributed by atoms with van der Waals surface area (Å²) in [5.74, 6) is -0.215. The van der Waals surface area contributed by atoms with Gasteiger partial charge in [-0.1, -0.05) is 87.4 Å². The molecule has 0 saturated heterocycles. The fourth-order valence-electron chi connectivity index (χ4n) is 3.01. The fraction of sp³-hybridized carbons (Fsp3) is 0.409. The van der Waals surface area contributed by atoms with Gasteiger partial charge in [0.15, 0.2) is 0 Å². The number of esters is 1. The lowest BCUT2D eigenvalue weighted by Gasteiger charge is -2.21. The van der Waals surface area contributed by atoms with E-state index in [2.05, 4.69) is 32.2 Å². The first-order valence-corrected chi connectivity index (χ1v) is 12.8. The van der Waals surface area contributed by atoms with Crippen LogP contribution in [0.15, 0.2) is 54.6 Å². The van der Waals surface area contributed by atoms with Crippen molar-refractivity contribution in [2.45, 2.75) is 51.4 Å². The molecule has 2 nitrogen and oxygen atoms in total. The lowest BCUT2D eigenvalue weighted by Crippen LogP contribution is -2.25. The molecule has 25 heavy (non-hydrogen) atoms. The van der Waals surface area contributed by atoms with Crippen LogP contribution in [0.1, 0.15) is 36.5 Å². The van der Waals surface area contributed by atoms with E-state index < -0.39 is 8.07 Å². The molecule has 0 fully saturated rings. The van der Waals surface area contributed by atoms with Crippen molar-refractivity contribution < 1.29 is 9.53 Å². The summed E-state index contributed by atoms with van der Waals surface area (Å²) in [4.78, 5) is 12.2. The van der Waals surface area contributed by atoms with Gasteiger partial charge in [0.2, 0.25) is 0 Å². The number of carbonyl (C=O) groups excluding carboxylic acids is 1. The third-order valence-corrected chi connectivity index (χ3v) is 8.08. The quantitative estimate of drug-likeness (QED) is 0.295. The lowest BCUT2D eigenvalue weighted by molar-refractivity contribution is 0.0505. The minimum absolute atomic E-state index is 0.215. The molecule has 0 atom stereocenters. The van der Waals surface area contributed by atoms with Crippen molar-refractivity contribution >= 4 is 14.0 Å². The van der Waals surface area contributed by atoms with E-state index in [1.54, 1.807) is 0 Å². The van der Waals surface area contributed by atoms with Gasteiger partial charge in [-0.05, 0) is 29.7 Å². The molecule has 0 aromatic heterocycles. The van der Waals surface area contributed by atoms with Crippen molar-refractivity contribution in [2.75, 3.05) is 6.61 Å². The first-order valence-electron chi connectivity index (χ1n) is 9.34. The summed E-state index contributed by atoms with van der Waals surface area (Å²) < 4.78 is 5.46. The second-order valence-electron chi connectivity index (χ2n) is 7.45. The highest BCUT2D eigenvalue weighted by Gasteiger charge is 2.19. The average Bonchev–Trinajstić information content (AvgIpc) is 2.64. The Morgan fingerprint density at radius 2 is 1.48 bits per heavy atom. The number of ether oxygens (including phenoxy) is 1. The number of hydrogen-bond donors (Lipinski definition) is 0. The summed E-state index contributed by atoms with van der Waals surface area (Å²) in [6.07, 6.45) is 3.58. The van der Waals surface area contributed by atoms with Crippen LogP contribution in [-0.2, 0) is 4.74 Å². The summed E-state index contributed by atoms with van der Waals surface area (Å²) >= 11 is 0. The SMILES string of the molecule is CCCC[Si](C)(C)CCCOC(=O)c1ccc(-c2ccccc2)cc1. The van der Waals surface area contributed by atoms with Crippen LogP contribution in [0.5, 0.6) is 0 Å². The Morgan fingerprint density at radius 3 is 2.12 bits per heavy atom. The van der Waals surface area contributed by atoms with Gasteiger partial charge < -0.3 is 4.74 Å². The molecule has 3 heteroatoms. The van der Waals surface area contributed by atoms with Gasteiger partial charge in [-0.3, -0.25) is 0 Å². The van der Waals surface area contributed by atoms with E-state index in [4.69, 9.17) is 4.74 Å². The van der Waals surface area contributed by atoms with Crippen LogP contribution in [0, 0.1) is 0 Å². The van der Waals surface area contributed by atoms with Crippen LogP contribution in [-0.4, -0.2) is 20.7 Å². The zero-order chi connectivity index (χ0) is 18.1. The minimum atomic E-state index is -1.11. The molecule has 0 spiro atoms. The van der Waals surface area contributed by atoms with E-state index in [9.17, 15) is 4.79 Å². The summed E-state index contributed by atoms with van der Waals surface area (Å²) in [7, 11) is -1.11. The zero-order valence-electron chi connectivity index (χ0n) is 15.8. The second kappa shape index (κ2) is 9.57. The van der Waals surface area contributed by atoms with Gasteiger partial charge in [0.25, 0.3) is 0 Å². The molecule has 0 unspecified atom stereocenters. The standard InChI is InChI=1S/C22H30O2Si/c1-4-5-17-25(2,3)18-9-16-24-22(23)21-14-12-20(13-15-21)19-10-7-6-8-11-19/h6-8,10-15H,4-5,9,16-18H2,1-3H3. The molecule has 2 aromatic carbocycles. The van der Waals surface area contributed by atoms with Crippen molar-refractivity contribution in [3.8, 4) is 11.1 Å². The van der Waals surface area contributed by atoms with Crippen molar-refractivity contribution in [1.29, 1.82) is 0 Å². The molecule has 134 valence electrons. The van der Waals surface area contributed by atoms with Gasteiger partial charge in [-0.15, -0.1) is 0 Å². The number of hydrogen-bond acceptors (Lipinski definition) is 2. The lowest BCUT2D eigenvalue weighted by atomic mass is 10.0. The van der Waals surface area contributed by atoms with Gasteiger partial charge in [-0.2, -0.15) is 0 Å². The molecule has 0 aliphatic rings. The Bertz CT molecular complexity index is 647. The Kier molecular flexibility index (Phi) is 7.45. The predicted molar refractivity (Wildman–Crippen MR) is 109 cm³/mol. The summed E-state index contributed by atoms with van der Waals surface area (Å²) in [6.45, 7) is 7.65. The number of rotatable bonds is 9. The van der Waals surface area contributed by atoms with Crippen molar-refractivity contribution in [3.05, 3.63) is 60.2 Å². The highest BCUT2D eigenvalue weighted by Crippen LogP contribution is 2.21. The topological polar surface area (TPSA) is 26.3 Å². The molecule has 2 rings (SSSR count). The van der Waals surface area contributed by atoms with Crippen LogP contribution in [0.4, 0.5) is 0 Å². The van der Waals surface area contributed by atoms with Crippen LogP contribution >= 0.6 is 0 Å². The van der Waals surface area contributed by atoms with Crippen molar-refractivity contribution in [3.63, 3.8) is 0 Å². The van der Waals surface area contributed by atoms with Crippen molar-refractivity contribution in [1.82, 2.24) is 0 Å². The van der Waals surface area contributed by atoms with Gasteiger partial charge in [0.1, 0.15) is 0 Å². The van der Waals surface area contributed by atoms with Gasteiger partial charge >= 0.3 is 5.97 Å². The van der Waals surface area contributed by atoms with E-state index >= 15 is 0 Å². The predicted octanol–water partition coefficient (Wildman–Crippen LogP) is 6.41. The summed E-state index contributed by atoms with van der Waals surface area (Å²) in [6, 6.07) is 20.4. The van der Waals surface area contributed by atoms with Gasteiger partial charge in [-0.25, -0.2) is 4.79 Å². The second-order valence-corrected chi connectivity index (χ2v) is 12.8. The number of unbranched alkanes of at least 4 members (excludes halogenated alkanes) is 1. The van der Waals surface area contributed by atoms with E-state index in [0.717, 1.165) is 17.5 Å². The maximum absolute atomic E-state index is 12.2. The fourth-order valence-corrected chi connectivity index (χ4v) is 5.67. The smallest absolute Gasteiger partial charge is 0.338 e. The molecule has 0 heterocycles. The monoisotopic (exact) mass is 354 g/mol. The molecule has 0 radical (unpaired) electrons. The normalized spacial score (nSPS) is 11.3. The van der Waals surface area contributed by atoms with Gasteiger partial charge in [0, 0.05) is 8.07 Å². The van der Waals surface area contributed by atoms with Crippen LogP contribution < -0.4 is 0 Å². The maximum Gasteiger partial charge on any atom is 0.338 e. The zero-order valence-corrected chi connectivity index (χ0v) is 16.8. The molecular formula is C22H30O2Si. The van der Waals surface area contributed by atoms with E-state index in [1.165, 1.54) is 24.9 Å². The molecule has 2 aromatic rings. The molecule has 0 aliphatic carbocycles. The minimum Gasteiger partial charge on any atom is -0.462 e. The number of carbonyl (C=O) groups is 1. The molecule has 0 saturated carbocycles. The highest BCUT2D eigenvalue weighted by molar-refractivity contribution is 6.77. The summed E-state index contributed by atoms with van der Waals surface area (Å²) in [5, 5.41) is 0. The molecule has 0 amide bonds. The Morgan fingerprint density at radius 1 is 0.880 bits per heavy atom. The average molecular weight is 355 g/mol. The van der Waals surface area contributed by atoms with Crippen LogP contribution in [0.25, 0.3) is 11.1 Å². The van der Waals surface area contributed by atoms with E-state index in [-0.39, 0.29) is 5.97 Å². The Labute approximate surface area is 153 Å². The van der Waals surface area contributed by atoms with Crippen LogP contribution in [0.3, 0.4) is 0 Å². The molecule has 0 N–H and O–H groups in total. The molecular weight excluding hydrogens is 324 g/mol. The summed E-state index contributed by atoms with van der Waals surface area (Å²) in [5.41, 5.74) is 2.89. The maximum atomic E-state index is 12.2.